The molecule has 2 aromatic heterocycles. The van der Waals surface area contributed by atoms with Gasteiger partial charge in [-0.05, 0) is 127 Å². The number of anilines is 3. The highest BCUT2D eigenvalue weighted by atomic mass is 32.1. The van der Waals surface area contributed by atoms with E-state index >= 15 is 0 Å². The van der Waals surface area contributed by atoms with Gasteiger partial charge in [0, 0.05) is 53.4 Å². The Morgan fingerprint density at radius 2 is 0.840 bits per heavy atom. The highest BCUT2D eigenvalue weighted by Crippen LogP contribution is 2.50. The molecular formula is C72H58N2S. The summed E-state index contributed by atoms with van der Waals surface area (Å²) in [6.45, 7) is 14.0. The topological polar surface area (TPSA) is 8.17 Å². The molecule has 0 atom stereocenters. The molecule has 0 saturated carbocycles. The van der Waals surface area contributed by atoms with Crippen molar-refractivity contribution >= 4 is 81.1 Å². The Morgan fingerprint density at radius 3 is 1.51 bits per heavy atom. The van der Waals surface area contributed by atoms with Gasteiger partial charge in [-0.1, -0.05) is 224 Å². The summed E-state index contributed by atoms with van der Waals surface area (Å²) in [5, 5.41) is 7.54. The van der Waals surface area contributed by atoms with Crippen LogP contribution in [0.1, 0.15) is 52.7 Å². The van der Waals surface area contributed by atoms with Gasteiger partial charge in [-0.15, -0.1) is 11.3 Å². The van der Waals surface area contributed by atoms with Crippen LogP contribution in [0, 0.1) is 0 Å². The van der Waals surface area contributed by atoms with Gasteiger partial charge in [0.25, 0.3) is 0 Å². The molecular weight excluding hydrogens is 925 g/mol. The zero-order chi connectivity index (χ0) is 51.0. The zero-order valence-electron chi connectivity index (χ0n) is 43.4. The maximum atomic E-state index is 2.52. The van der Waals surface area contributed by atoms with Crippen LogP contribution >= 0.6 is 11.3 Å². The van der Waals surface area contributed by atoms with Crippen LogP contribution < -0.4 is 4.90 Å². The van der Waals surface area contributed by atoms with Crippen molar-refractivity contribution in [1.29, 1.82) is 0 Å². The highest BCUT2D eigenvalue weighted by Gasteiger charge is 2.26. The molecule has 0 aliphatic rings. The van der Waals surface area contributed by atoms with Crippen molar-refractivity contribution in [2.75, 3.05) is 4.90 Å². The summed E-state index contributed by atoms with van der Waals surface area (Å²) < 4.78 is 5.03. The average Bonchev–Trinajstić information content (AvgIpc) is 4.06. The van der Waals surface area contributed by atoms with Crippen molar-refractivity contribution in [3.63, 3.8) is 0 Å². The minimum Gasteiger partial charge on any atom is -0.309 e. The molecule has 0 aliphatic heterocycles. The maximum Gasteiger partial charge on any atom is 0.0547 e. The van der Waals surface area contributed by atoms with Crippen LogP contribution in [-0.4, -0.2) is 4.57 Å². The van der Waals surface area contributed by atoms with Crippen molar-refractivity contribution in [2.45, 2.75) is 52.4 Å². The summed E-state index contributed by atoms with van der Waals surface area (Å²) in [5.74, 6) is 0. The zero-order valence-corrected chi connectivity index (χ0v) is 44.2. The third kappa shape index (κ3) is 8.02. The van der Waals surface area contributed by atoms with E-state index in [1.807, 2.05) is 11.3 Å². The van der Waals surface area contributed by atoms with Crippen LogP contribution in [0.4, 0.5) is 17.1 Å². The Balaban J connectivity index is 1.06. The van der Waals surface area contributed by atoms with Crippen LogP contribution in [0.15, 0.2) is 243 Å². The van der Waals surface area contributed by atoms with E-state index in [1.165, 1.54) is 97.3 Å². The number of hydrogen-bond acceptors (Lipinski definition) is 2. The number of thiophene rings is 1. The van der Waals surface area contributed by atoms with Gasteiger partial charge in [-0.25, -0.2) is 0 Å². The summed E-state index contributed by atoms with van der Waals surface area (Å²) in [5.41, 5.74) is 19.0. The third-order valence-electron chi connectivity index (χ3n) is 15.3. The monoisotopic (exact) mass is 982 g/mol. The lowest BCUT2D eigenvalue weighted by Crippen LogP contribution is -2.16. The Morgan fingerprint density at radius 1 is 0.347 bits per heavy atom. The van der Waals surface area contributed by atoms with Crippen LogP contribution in [0.25, 0.3) is 103 Å². The second kappa shape index (κ2) is 18.2. The molecule has 0 bridgehead atoms. The molecule has 0 N–H and O–H groups in total. The Hall–Kier alpha value is -8.50. The first-order valence-corrected chi connectivity index (χ1v) is 27.1. The fourth-order valence-corrected chi connectivity index (χ4v) is 12.7. The van der Waals surface area contributed by atoms with E-state index < -0.39 is 0 Å². The summed E-state index contributed by atoms with van der Waals surface area (Å²) in [7, 11) is 0. The van der Waals surface area contributed by atoms with Crippen molar-refractivity contribution in [1.82, 2.24) is 4.57 Å². The molecule has 13 rings (SSSR count). The molecule has 0 fully saturated rings. The third-order valence-corrected chi connectivity index (χ3v) is 16.4. The summed E-state index contributed by atoms with van der Waals surface area (Å²) in [6.07, 6.45) is 0. The van der Waals surface area contributed by atoms with E-state index in [9.17, 15) is 0 Å². The lowest BCUT2D eigenvalue weighted by Gasteiger charge is -2.30. The quantitative estimate of drug-likeness (QED) is 0.147. The fourth-order valence-electron chi connectivity index (χ4n) is 11.6. The van der Waals surface area contributed by atoms with Crippen molar-refractivity contribution in [2.24, 2.45) is 0 Å². The van der Waals surface area contributed by atoms with Crippen molar-refractivity contribution in [3.8, 4) is 50.2 Å². The number of para-hydroxylation sites is 4. The van der Waals surface area contributed by atoms with Gasteiger partial charge >= 0.3 is 0 Å². The Bertz CT molecular complexity index is 4270. The van der Waals surface area contributed by atoms with E-state index in [2.05, 4.69) is 294 Å². The lowest BCUT2D eigenvalue weighted by molar-refractivity contribution is 0.569. The normalized spacial score (nSPS) is 12.1. The number of nitrogens with zero attached hydrogens (tertiary/aromatic N) is 2. The molecule has 0 saturated heterocycles. The number of fused-ring (bicyclic) bond motifs is 7. The van der Waals surface area contributed by atoms with Crippen LogP contribution in [0.2, 0.25) is 0 Å². The predicted molar refractivity (Wildman–Crippen MR) is 325 cm³/mol. The highest BCUT2D eigenvalue weighted by molar-refractivity contribution is 7.25. The smallest absolute Gasteiger partial charge is 0.0547 e. The van der Waals surface area contributed by atoms with Crippen LogP contribution in [0.3, 0.4) is 0 Å². The lowest BCUT2D eigenvalue weighted by atomic mass is 9.78. The Labute approximate surface area is 444 Å². The van der Waals surface area contributed by atoms with E-state index in [-0.39, 0.29) is 10.8 Å². The summed E-state index contributed by atoms with van der Waals surface area (Å²) >= 11 is 1.87. The summed E-state index contributed by atoms with van der Waals surface area (Å²) in [6, 6.07) is 90.4. The van der Waals surface area contributed by atoms with Crippen LogP contribution in [-0.2, 0) is 10.8 Å². The van der Waals surface area contributed by atoms with Gasteiger partial charge in [-0.2, -0.15) is 0 Å². The average molecular weight is 983 g/mol. The molecule has 0 aliphatic carbocycles. The van der Waals surface area contributed by atoms with Gasteiger partial charge in [0.2, 0.25) is 0 Å². The van der Waals surface area contributed by atoms with Gasteiger partial charge in [0.1, 0.15) is 0 Å². The molecule has 0 spiro atoms. The fraction of sp³-hybridized carbons (Fsp3) is 0.111. The number of aromatic nitrogens is 1. The first-order chi connectivity index (χ1) is 36.5. The molecule has 362 valence electrons. The molecule has 2 heterocycles. The van der Waals surface area contributed by atoms with Crippen LogP contribution in [0.5, 0.6) is 0 Å². The predicted octanol–water partition coefficient (Wildman–Crippen LogP) is 21.0. The number of hydrogen-bond donors (Lipinski definition) is 0. The van der Waals surface area contributed by atoms with Crippen molar-refractivity contribution < 1.29 is 0 Å². The SMILES string of the molecule is CC(C)(C)c1cc(-c2cccc3cccc(-c4ccccc4N(c4ccc(-c5cccc6sc7ccccc7c56)cc4)c4ccccc4-c4cccc5c4c4ccccc4n5-c4ccccc4)c23)cc(C(C)(C)C)c1. The Kier molecular flexibility index (Phi) is 11.2. The first kappa shape index (κ1) is 46.3. The second-order valence-corrected chi connectivity index (χ2v) is 23.2. The van der Waals surface area contributed by atoms with Gasteiger partial charge < -0.3 is 9.47 Å². The molecule has 2 nitrogen and oxygen atoms in total. The molecule has 13 aromatic rings. The van der Waals surface area contributed by atoms with E-state index in [4.69, 9.17) is 0 Å². The van der Waals surface area contributed by atoms with Gasteiger partial charge in [0.05, 0.1) is 22.4 Å². The maximum absolute atomic E-state index is 2.52. The number of benzene rings is 11. The molecule has 75 heavy (non-hydrogen) atoms. The largest absolute Gasteiger partial charge is 0.309 e. The summed E-state index contributed by atoms with van der Waals surface area (Å²) in [4.78, 5) is 2.52. The van der Waals surface area contributed by atoms with Crippen molar-refractivity contribution in [3.05, 3.63) is 254 Å². The molecule has 0 unspecified atom stereocenters. The molecule has 3 heteroatoms. The second-order valence-electron chi connectivity index (χ2n) is 22.1. The van der Waals surface area contributed by atoms with E-state index in [0.29, 0.717) is 0 Å². The molecule has 0 radical (unpaired) electrons. The van der Waals surface area contributed by atoms with E-state index in [1.54, 1.807) is 0 Å². The van der Waals surface area contributed by atoms with E-state index in [0.717, 1.165) is 33.9 Å². The minimum absolute atomic E-state index is 0.0236. The molecule has 0 amide bonds. The minimum atomic E-state index is -0.0236. The standard InChI is InChI=1S/C72H58N2S/c1-71(2,3)50-44-49(45-51(46-50)72(4,5)6)55-30-18-22-48-23-19-32-58(68(48)55)56-26-10-14-34-62(56)73(53-42-40-47(41-43-53)54-31-21-39-67-70(54)61-29-13-17-38-66(61)75-67)63-35-15-11-27-57(63)59-33-20-37-65-69(59)60-28-12-16-36-64(60)74(65)52-24-8-7-9-25-52/h7-46H,1-6H3. The van der Waals surface area contributed by atoms with Gasteiger partial charge in [0.15, 0.2) is 0 Å². The molecule has 11 aromatic carbocycles. The number of rotatable bonds is 8. The first-order valence-electron chi connectivity index (χ1n) is 26.2. The van der Waals surface area contributed by atoms with Gasteiger partial charge in [-0.3, -0.25) is 0 Å².